The Bertz CT molecular complexity index is 775. The number of halogens is 2. The Kier molecular flexibility index (Phi) is 8.02. The van der Waals surface area contributed by atoms with Crippen LogP contribution in [0.5, 0.6) is 5.75 Å². The topological polar surface area (TPSA) is 107 Å². The number of carbonyl (C=O) groups is 2. The molecule has 2 aliphatic rings. The molecule has 1 heterocycles. The number of carboxylic acid groups (broad SMARTS) is 2. The van der Waals surface area contributed by atoms with Gasteiger partial charge in [-0.3, -0.25) is 4.90 Å². The second-order valence-corrected chi connectivity index (χ2v) is 10.1. The number of hydrogen-bond donors (Lipinski definition) is 3. The molecule has 2 bridgehead atoms. The highest BCUT2D eigenvalue weighted by molar-refractivity contribution is 6.35. The van der Waals surface area contributed by atoms with Crippen LogP contribution < -0.4 is 4.74 Å². The molecule has 168 valence electrons. The van der Waals surface area contributed by atoms with Gasteiger partial charge in [-0.05, 0) is 48.3 Å². The zero-order valence-electron chi connectivity index (χ0n) is 17.4. The average Bonchev–Trinajstić information content (AvgIpc) is 2.82. The van der Waals surface area contributed by atoms with E-state index in [9.17, 15) is 5.11 Å². The van der Waals surface area contributed by atoms with E-state index in [2.05, 4.69) is 25.7 Å². The predicted octanol–water partition coefficient (Wildman–Crippen LogP) is 3.79. The number of carboxylic acids is 2. The summed E-state index contributed by atoms with van der Waals surface area (Å²) < 4.78 is 5.67. The lowest BCUT2D eigenvalue weighted by molar-refractivity contribution is -0.159. The smallest absolute Gasteiger partial charge is 0.414 e. The maximum absolute atomic E-state index is 10.4. The highest BCUT2D eigenvalue weighted by Gasteiger charge is 2.49. The van der Waals surface area contributed by atoms with Crippen molar-refractivity contribution >= 4 is 35.1 Å². The number of aliphatic hydroxyl groups excluding tert-OH is 1. The van der Waals surface area contributed by atoms with Gasteiger partial charge in [0, 0.05) is 24.2 Å². The Morgan fingerprint density at radius 3 is 2.40 bits per heavy atom. The van der Waals surface area contributed by atoms with Crippen LogP contribution >= 0.6 is 23.2 Å². The molecular weight excluding hydrogens is 433 g/mol. The van der Waals surface area contributed by atoms with Crippen LogP contribution in [0.2, 0.25) is 10.0 Å². The number of fused-ring (bicyclic) bond motifs is 2. The number of nitrogens with zero attached hydrogens (tertiary/aromatic N) is 1. The van der Waals surface area contributed by atoms with Gasteiger partial charge in [-0.25, -0.2) is 9.59 Å². The van der Waals surface area contributed by atoms with E-state index < -0.39 is 18.0 Å². The summed E-state index contributed by atoms with van der Waals surface area (Å²) in [6.45, 7) is 9.08. The number of aliphatic carboxylic acids is 2. The van der Waals surface area contributed by atoms with Crippen LogP contribution in [0, 0.1) is 10.8 Å². The Morgan fingerprint density at radius 1 is 1.20 bits per heavy atom. The second kappa shape index (κ2) is 9.73. The van der Waals surface area contributed by atoms with E-state index in [0.29, 0.717) is 39.2 Å². The normalized spacial score (nSPS) is 25.7. The summed E-state index contributed by atoms with van der Waals surface area (Å²) in [4.78, 5) is 20.6. The molecule has 3 unspecified atom stereocenters. The SMILES string of the molecule is CC1(C)CC2CC(C)(CN2CC(O)COc2ccc(Cl)cc2Cl)C1.O=C(O)C(=O)O. The van der Waals surface area contributed by atoms with Crippen molar-refractivity contribution in [2.45, 2.75) is 52.2 Å². The summed E-state index contributed by atoms with van der Waals surface area (Å²) >= 11 is 12.0. The number of ether oxygens (including phenoxy) is 1. The zero-order valence-corrected chi connectivity index (χ0v) is 18.9. The molecule has 0 radical (unpaired) electrons. The molecule has 1 aromatic carbocycles. The summed E-state index contributed by atoms with van der Waals surface area (Å²) in [6.07, 6.45) is 3.19. The zero-order chi connectivity index (χ0) is 22.7. The number of aliphatic hydroxyl groups is 1. The van der Waals surface area contributed by atoms with E-state index in [0.717, 1.165) is 6.54 Å². The van der Waals surface area contributed by atoms with E-state index >= 15 is 0 Å². The van der Waals surface area contributed by atoms with Gasteiger partial charge in [0.25, 0.3) is 0 Å². The van der Waals surface area contributed by atoms with Crippen LogP contribution in [0.4, 0.5) is 0 Å². The van der Waals surface area contributed by atoms with Crippen LogP contribution in [0.1, 0.15) is 40.0 Å². The third-order valence-electron chi connectivity index (χ3n) is 5.48. The van der Waals surface area contributed by atoms with Gasteiger partial charge >= 0.3 is 11.9 Å². The summed E-state index contributed by atoms with van der Waals surface area (Å²) in [6, 6.07) is 5.70. The largest absolute Gasteiger partial charge is 0.489 e. The lowest BCUT2D eigenvalue weighted by Gasteiger charge is -2.40. The fraction of sp³-hybridized carbons (Fsp3) is 0.619. The lowest BCUT2D eigenvalue weighted by Crippen LogP contribution is -2.39. The molecule has 1 aromatic rings. The second-order valence-electron chi connectivity index (χ2n) is 9.29. The van der Waals surface area contributed by atoms with Gasteiger partial charge in [-0.2, -0.15) is 0 Å². The minimum absolute atomic E-state index is 0.241. The molecule has 0 amide bonds. The van der Waals surface area contributed by atoms with E-state index in [4.69, 9.17) is 47.7 Å². The first kappa shape index (κ1) is 24.7. The number of benzene rings is 1. The molecule has 0 spiro atoms. The highest BCUT2D eigenvalue weighted by atomic mass is 35.5. The van der Waals surface area contributed by atoms with Crippen LogP contribution in [0.15, 0.2) is 18.2 Å². The van der Waals surface area contributed by atoms with Crippen LogP contribution in [0.25, 0.3) is 0 Å². The highest BCUT2D eigenvalue weighted by Crippen LogP contribution is 2.52. The molecule has 7 nitrogen and oxygen atoms in total. The molecule has 3 atom stereocenters. The number of likely N-dealkylation sites (tertiary alicyclic amines) is 1. The molecule has 0 aromatic heterocycles. The predicted molar refractivity (Wildman–Crippen MR) is 114 cm³/mol. The van der Waals surface area contributed by atoms with Gasteiger partial charge in [-0.15, -0.1) is 0 Å². The quantitative estimate of drug-likeness (QED) is 0.572. The van der Waals surface area contributed by atoms with Crippen molar-refractivity contribution in [1.29, 1.82) is 0 Å². The molecule has 1 saturated heterocycles. The van der Waals surface area contributed by atoms with Gasteiger partial charge in [0.2, 0.25) is 0 Å². The molecule has 9 heteroatoms. The summed E-state index contributed by atoms with van der Waals surface area (Å²) in [5, 5.41) is 26.2. The summed E-state index contributed by atoms with van der Waals surface area (Å²) in [5.41, 5.74) is 0.775. The van der Waals surface area contributed by atoms with E-state index in [1.165, 1.54) is 19.3 Å². The van der Waals surface area contributed by atoms with Crippen molar-refractivity contribution < 1.29 is 29.6 Å². The Hall–Kier alpha value is -1.54. The fourth-order valence-electron chi connectivity index (χ4n) is 4.89. The van der Waals surface area contributed by atoms with Crippen LogP contribution in [-0.4, -0.2) is 64.0 Å². The van der Waals surface area contributed by atoms with E-state index in [-0.39, 0.29) is 6.61 Å². The van der Waals surface area contributed by atoms with Crippen molar-refractivity contribution in [3.8, 4) is 5.75 Å². The van der Waals surface area contributed by atoms with Gasteiger partial charge in [0.1, 0.15) is 18.5 Å². The molecule has 1 aliphatic carbocycles. The first-order chi connectivity index (χ1) is 13.8. The molecule has 3 N–H and O–H groups in total. The maximum Gasteiger partial charge on any atom is 0.414 e. The average molecular weight is 462 g/mol. The van der Waals surface area contributed by atoms with E-state index in [1.807, 2.05) is 0 Å². The molecule has 2 fully saturated rings. The molecule has 1 aliphatic heterocycles. The maximum atomic E-state index is 10.4. The molecule has 1 saturated carbocycles. The molecular formula is C21H29Cl2NO6. The third-order valence-corrected chi connectivity index (χ3v) is 6.01. The number of rotatable bonds is 5. The van der Waals surface area contributed by atoms with Crippen molar-refractivity contribution in [3.63, 3.8) is 0 Å². The summed E-state index contributed by atoms with van der Waals surface area (Å²) in [7, 11) is 0. The Balaban J connectivity index is 0.000000469. The first-order valence-corrected chi connectivity index (χ1v) is 10.5. The monoisotopic (exact) mass is 461 g/mol. The minimum Gasteiger partial charge on any atom is -0.489 e. The first-order valence-electron chi connectivity index (χ1n) is 9.76. The Labute approximate surface area is 186 Å². The minimum atomic E-state index is -1.82. The third kappa shape index (κ3) is 7.01. The fourth-order valence-corrected chi connectivity index (χ4v) is 5.35. The van der Waals surface area contributed by atoms with Crippen molar-refractivity contribution in [3.05, 3.63) is 28.2 Å². The van der Waals surface area contributed by atoms with Crippen molar-refractivity contribution in [2.24, 2.45) is 10.8 Å². The Morgan fingerprint density at radius 2 is 1.83 bits per heavy atom. The van der Waals surface area contributed by atoms with Gasteiger partial charge < -0.3 is 20.1 Å². The van der Waals surface area contributed by atoms with E-state index in [1.54, 1.807) is 18.2 Å². The van der Waals surface area contributed by atoms with Crippen LogP contribution in [-0.2, 0) is 9.59 Å². The standard InChI is InChI=1S/C19H27Cl2NO2.C2H2O4/c1-18(2)7-14-8-19(3,11-18)12-22(14)9-15(23)10-24-17-5-4-13(20)6-16(17)21;3-1(4)2(5)6/h4-6,14-15,23H,7-12H2,1-3H3;(H,3,4)(H,5,6). The van der Waals surface area contributed by atoms with Gasteiger partial charge in [0.05, 0.1) is 5.02 Å². The van der Waals surface area contributed by atoms with Gasteiger partial charge in [0.15, 0.2) is 0 Å². The van der Waals surface area contributed by atoms with Crippen molar-refractivity contribution in [2.75, 3.05) is 19.7 Å². The number of β-amino-alcohol motifs (C(OH)–C–C–N with tert-alkyl or cyclic N) is 1. The van der Waals surface area contributed by atoms with Crippen molar-refractivity contribution in [1.82, 2.24) is 4.90 Å². The van der Waals surface area contributed by atoms with Crippen LogP contribution in [0.3, 0.4) is 0 Å². The van der Waals surface area contributed by atoms with Gasteiger partial charge in [-0.1, -0.05) is 44.0 Å². The summed E-state index contributed by atoms with van der Waals surface area (Å²) in [5.74, 6) is -3.08. The molecule has 3 rings (SSSR count). The molecule has 30 heavy (non-hydrogen) atoms. The lowest BCUT2D eigenvalue weighted by atomic mass is 9.65. The number of hydrogen-bond acceptors (Lipinski definition) is 5.